The second-order valence-corrected chi connectivity index (χ2v) is 12.3. The van der Waals surface area contributed by atoms with Gasteiger partial charge in [0.2, 0.25) is 0 Å². The highest BCUT2D eigenvalue weighted by atomic mass is 35.5. The lowest BCUT2D eigenvalue weighted by Gasteiger charge is -2.41. The summed E-state index contributed by atoms with van der Waals surface area (Å²) in [6, 6.07) is 1.79. The van der Waals surface area contributed by atoms with Crippen molar-refractivity contribution in [1.82, 2.24) is 15.0 Å². The predicted octanol–water partition coefficient (Wildman–Crippen LogP) is 3.38. The second kappa shape index (κ2) is 8.89. The minimum atomic E-state index is -1.04. The van der Waals surface area contributed by atoms with Crippen LogP contribution in [0.25, 0.3) is 0 Å². The molecule has 0 aromatic carbocycles. The average Bonchev–Trinajstić information content (AvgIpc) is 3.01. The Morgan fingerprint density at radius 2 is 2.10 bits per heavy atom. The molecule has 3 N–H and O–H groups in total. The fraction of sp³-hybridized carbons (Fsp3) is 0.526. The first-order chi connectivity index (χ1) is 14.3. The molecule has 2 aliphatic rings. The number of halogens is 2. The van der Waals surface area contributed by atoms with Crippen LogP contribution in [0, 0.1) is 6.92 Å². The molecule has 2 aromatic rings. The number of hydrogen-bond donors (Lipinski definition) is 2. The standard InChI is InChI=1S/C19H24Cl2N5O2SSi/c1-11-18(29-14-3-6-23-16(21)15(14)20)25-13(9-27)17(24-11)26-7-4-19(5-8-26)10-28-12(2)30(19)22/h3,6,12,27H,4-5,7-10,22H2,1-2H3/t12-/m1/s1. The van der Waals surface area contributed by atoms with E-state index in [1.54, 1.807) is 12.3 Å². The number of aliphatic hydroxyl groups is 1. The van der Waals surface area contributed by atoms with Crippen molar-refractivity contribution in [3.8, 4) is 0 Å². The van der Waals surface area contributed by atoms with E-state index in [9.17, 15) is 5.11 Å². The third-order valence-electron chi connectivity index (χ3n) is 5.93. The van der Waals surface area contributed by atoms with E-state index in [2.05, 4.69) is 16.8 Å². The molecule has 4 heterocycles. The lowest BCUT2D eigenvalue weighted by atomic mass is 9.96. The minimum absolute atomic E-state index is 0.135. The summed E-state index contributed by atoms with van der Waals surface area (Å²) in [5, 5.41) is 18.0. The number of pyridine rings is 1. The van der Waals surface area contributed by atoms with Crippen LogP contribution >= 0.6 is 35.0 Å². The van der Waals surface area contributed by atoms with Crippen molar-refractivity contribution in [3.05, 3.63) is 33.8 Å². The highest BCUT2D eigenvalue weighted by Gasteiger charge is 2.49. The SMILES string of the molecule is Cc1nc(N2CCC3(CC2)CO[C@@H](C)[Si]3N)c(CO)nc1Sc1ccnc(Cl)c1Cl. The Labute approximate surface area is 192 Å². The van der Waals surface area contributed by atoms with Crippen LogP contribution in [-0.4, -0.2) is 54.4 Å². The first kappa shape index (κ1) is 22.3. The van der Waals surface area contributed by atoms with Gasteiger partial charge in [-0.1, -0.05) is 35.0 Å². The number of rotatable bonds is 4. The second-order valence-electron chi connectivity index (χ2n) is 7.73. The van der Waals surface area contributed by atoms with Crippen molar-refractivity contribution < 1.29 is 9.84 Å². The van der Waals surface area contributed by atoms with Gasteiger partial charge in [0.05, 0.1) is 29.7 Å². The van der Waals surface area contributed by atoms with E-state index < -0.39 is 8.96 Å². The Morgan fingerprint density at radius 3 is 2.73 bits per heavy atom. The van der Waals surface area contributed by atoms with Crippen molar-refractivity contribution in [2.24, 2.45) is 5.40 Å². The Hall–Kier alpha value is -0.943. The molecule has 1 atom stereocenters. The van der Waals surface area contributed by atoms with E-state index >= 15 is 0 Å². The number of nitrogens with zero attached hydrogens (tertiary/aromatic N) is 4. The van der Waals surface area contributed by atoms with Gasteiger partial charge in [-0.15, -0.1) is 0 Å². The van der Waals surface area contributed by atoms with Gasteiger partial charge in [-0.3, -0.25) is 0 Å². The van der Waals surface area contributed by atoms with Gasteiger partial charge in [-0.25, -0.2) is 15.0 Å². The molecule has 11 heteroatoms. The normalized spacial score (nSPS) is 21.5. The zero-order valence-corrected chi connectivity index (χ0v) is 20.2. The molecule has 2 saturated heterocycles. The van der Waals surface area contributed by atoms with Crippen molar-refractivity contribution in [2.45, 2.75) is 54.0 Å². The summed E-state index contributed by atoms with van der Waals surface area (Å²) in [5.41, 5.74) is 1.53. The number of aromatic nitrogens is 3. The van der Waals surface area contributed by atoms with Gasteiger partial charge in [-0.05, 0) is 32.8 Å². The van der Waals surface area contributed by atoms with Crippen LogP contribution in [0.1, 0.15) is 31.2 Å². The van der Waals surface area contributed by atoms with Gasteiger partial charge >= 0.3 is 0 Å². The van der Waals surface area contributed by atoms with E-state index in [4.69, 9.17) is 43.3 Å². The molecule has 0 bridgehead atoms. The molecule has 0 aliphatic carbocycles. The summed E-state index contributed by atoms with van der Waals surface area (Å²) in [6.45, 7) is 6.24. The number of hydrogen-bond acceptors (Lipinski definition) is 8. The number of piperidine rings is 1. The van der Waals surface area contributed by atoms with Crippen LogP contribution in [0.5, 0.6) is 0 Å². The molecular weight excluding hydrogens is 461 g/mol. The monoisotopic (exact) mass is 484 g/mol. The van der Waals surface area contributed by atoms with Crippen LogP contribution < -0.4 is 10.3 Å². The highest BCUT2D eigenvalue weighted by molar-refractivity contribution is 7.99. The number of aliphatic hydroxyl groups excluding tert-OH is 1. The minimum Gasteiger partial charge on any atom is -0.390 e. The molecule has 0 saturated carbocycles. The Bertz CT molecular complexity index is 945. The Balaban J connectivity index is 1.55. The Morgan fingerprint density at radius 1 is 1.37 bits per heavy atom. The molecule has 4 rings (SSSR count). The van der Waals surface area contributed by atoms with Gasteiger partial charge in [0.15, 0.2) is 14.8 Å². The lowest BCUT2D eigenvalue weighted by molar-refractivity contribution is 0.117. The summed E-state index contributed by atoms with van der Waals surface area (Å²) in [6.07, 6.45) is 3.57. The van der Waals surface area contributed by atoms with E-state index in [0.717, 1.165) is 48.9 Å². The molecule has 0 amide bonds. The number of anilines is 1. The fourth-order valence-corrected chi connectivity index (χ4v) is 7.52. The van der Waals surface area contributed by atoms with Gasteiger partial charge in [0.25, 0.3) is 0 Å². The average molecular weight is 485 g/mol. The molecule has 2 fully saturated rings. The fourth-order valence-electron chi connectivity index (χ4n) is 4.03. The van der Waals surface area contributed by atoms with Gasteiger partial charge in [0, 0.05) is 29.2 Å². The van der Waals surface area contributed by atoms with Crippen LogP contribution in [-0.2, 0) is 11.3 Å². The maximum atomic E-state index is 9.98. The van der Waals surface area contributed by atoms with Gasteiger partial charge in [0.1, 0.15) is 15.9 Å². The molecular formula is C19H24Cl2N5O2SSi. The van der Waals surface area contributed by atoms with E-state index in [1.165, 1.54) is 11.8 Å². The quantitative estimate of drug-likeness (QED) is 0.503. The van der Waals surface area contributed by atoms with Crippen LogP contribution in [0.3, 0.4) is 0 Å². The van der Waals surface area contributed by atoms with Crippen molar-refractivity contribution in [3.63, 3.8) is 0 Å². The third kappa shape index (κ3) is 4.09. The maximum Gasteiger partial charge on any atom is 0.172 e. The first-order valence-corrected chi connectivity index (χ1v) is 13.0. The smallest absolute Gasteiger partial charge is 0.172 e. The van der Waals surface area contributed by atoms with Gasteiger partial charge < -0.3 is 20.1 Å². The maximum absolute atomic E-state index is 9.98. The summed E-state index contributed by atoms with van der Waals surface area (Å²) >= 11 is 13.7. The summed E-state index contributed by atoms with van der Waals surface area (Å²) in [7, 11) is -1.04. The summed E-state index contributed by atoms with van der Waals surface area (Å²) in [5.74, 6) is 0.741. The largest absolute Gasteiger partial charge is 0.390 e. The van der Waals surface area contributed by atoms with E-state index in [0.29, 0.717) is 15.7 Å². The molecule has 0 unspecified atom stereocenters. The number of ether oxygens (including phenoxy) is 1. The van der Waals surface area contributed by atoms with E-state index in [1.807, 2.05) is 6.92 Å². The van der Waals surface area contributed by atoms with E-state index in [-0.39, 0.29) is 22.5 Å². The molecule has 2 aromatic heterocycles. The third-order valence-corrected chi connectivity index (χ3v) is 10.9. The molecule has 7 nitrogen and oxygen atoms in total. The van der Waals surface area contributed by atoms with Crippen molar-refractivity contribution >= 4 is 49.7 Å². The zero-order chi connectivity index (χ0) is 21.5. The van der Waals surface area contributed by atoms with Crippen LogP contribution in [0.2, 0.25) is 15.2 Å². The van der Waals surface area contributed by atoms with Crippen LogP contribution in [0.15, 0.2) is 22.2 Å². The van der Waals surface area contributed by atoms with Crippen molar-refractivity contribution in [1.29, 1.82) is 0 Å². The van der Waals surface area contributed by atoms with Crippen LogP contribution in [0.4, 0.5) is 5.82 Å². The molecule has 161 valence electrons. The summed E-state index contributed by atoms with van der Waals surface area (Å²) < 4.78 is 5.86. The molecule has 1 radical (unpaired) electrons. The molecule has 30 heavy (non-hydrogen) atoms. The summed E-state index contributed by atoms with van der Waals surface area (Å²) in [4.78, 5) is 16.4. The zero-order valence-electron chi connectivity index (χ0n) is 16.9. The molecule has 2 aliphatic heterocycles. The van der Waals surface area contributed by atoms with Crippen molar-refractivity contribution in [2.75, 3.05) is 24.6 Å². The topological polar surface area (TPSA) is 97.4 Å². The lowest BCUT2D eigenvalue weighted by Crippen LogP contribution is -2.50. The predicted molar refractivity (Wildman–Crippen MR) is 121 cm³/mol. The first-order valence-electron chi connectivity index (χ1n) is 9.80. The molecule has 1 spiro atoms. The number of nitrogens with two attached hydrogens (primary N) is 1. The highest BCUT2D eigenvalue weighted by Crippen LogP contribution is 2.46. The van der Waals surface area contributed by atoms with Gasteiger partial charge in [-0.2, -0.15) is 0 Å². The number of aryl methyl sites for hydroxylation is 1. The Kier molecular flexibility index (Phi) is 6.60.